The van der Waals surface area contributed by atoms with Crippen LogP contribution in [0.4, 0.5) is 0 Å². The number of benzene rings is 3. The summed E-state index contributed by atoms with van der Waals surface area (Å²) in [7, 11) is -3.37. The number of pyridine rings is 2. The molecule has 0 aliphatic carbocycles. The highest BCUT2D eigenvalue weighted by atomic mass is 32.2. The van der Waals surface area contributed by atoms with E-state index >= 15 is 0 Å². The van der Waals surface area contributed by atoms with Crippen LogP contribution in [0.15, 0.2) is 91.1 Å². The molecule has 1 unspecified atom stereocenters. The molecule has 0 spiro atoms. The lowest BCUT2D eigenvalue weighted by atomic mass is 9.92. The molecule has 35 heavy (non-hydrogen) atoms. The van der Waals surface area contributed by atoms with E-state index in [2.05, 4.69) is 9.97 Å². The molecule has 176 valence electrons. The highest BCUT2D eigenvalue weighted by Crippen LogP contribution is 2.37. The molecule has 2 heterocycles. The third kappa shape index (κ3) is 4.20. The third-order valence-corrected chi connectivity index (χ3v) is 8.83. The summed E-state index contributed by atoms with van der Waals surface area (Å²) in [5, 5.41) is 13.0. The minimum Gasteiger partial charge on any atom is -0.382 e. The summed E-state index contributed by atoms with van der Waals surface area (Å²) in [4.78, 5) is 9.23. The van der Waals surface area contributed by atoms with Gasteiger partial charge in [-0.2, -0.15) is 0 Å². The molecule has 0 saturated heterocycles. The van der Waals surface area contributed by atoms with Gasteiger partial charge in [0.25, 0.3) is 0 Å². The van der Waals surface area contributed by atoms with Crippen molar-refractivity contribution >= 4 is 31.6 Å². The second kappa shape index (κ2) is 8.56. The molecule has 2 aromatic heterocycles. The number of hydrogen-bond donors (Lipinski definition) is 1. The predicted octanol–water partition coefficient (Wildman–Crippen LogP) is 5.81. The molecule has 3 aromatic carbocycles. The first-order valence-corrected chi connectivity index (χ1v) is 13.3. The Balaban J connectivity index is 1.64. The molecule has 0 radical (unpaired) electrons. The van der Waals surface area contributed by atoms with Crippen molar-refractivity contribution in [3.05, 3.63) is 108 Å². The van der Waals surface area contributed by atoms with Gasteiger partial charge in [0.05, 0.1) is 21.5 Å². The Labute approximate surface area is 205 Å². The summed E-state index contributed by atoms with van der Waals surface area (Å²) in [6.45, 7) is 3.43. The maximum absolute atomic E-state index is 12.6. The molecule has 1 atom stereocenters. The van der Waals surface area contributed by atoms with E-state index in [4.69, 9.17) is 0 Å². The van der Waals surface area contributed by atoms with Crippen LogP contribution in [0.3, 0.4) is 0 Å². The summed E-state index contributed by atoms with van der Waals surface area (Å²) < 4.78 is 24.1. The fraction of sp³-hybridized carbons (Fsp3) is 0.172. The molecular formula is C29H26N2O3S. The van der Waals surface area contributed by atoms with Gasteiger partial charge in [0.15, 0.2) is 9.84 Å². The molecule has 0 bridgehead atoms. The standard InChI is InChI=1S/C29H26N2O3S/c1-29(2,35(3,33)34)23-17-21-11-7-15-30-27(21)24(18-23)20-9-6-10-22(16-20)28(32)26-14-13-19-8-4-5-12-25(19)31-26/h4-18,28,32H,1-3H3. The van der Waals surface area contributed by atoms with Crippen molar-refractivity contribution in [2.45, 2.75) is 24.7 Å². The minimum atomic E-state index is -3.37. The van der Waals surface area contributed by atoms with Crippen LogP contribution < -0.4 is 0 Å². The number of fused-ring (bicyclic) bond motifs is 2. The van der Waals surface area contributed by atoms with Crippen molar-refractivity contribution in [2.75, 3.05) is 6.26 Å². The molecule has 0 aliphatic rings. The molecule has 5 aromatic rings. The molecule has 0 aliphatic heterocycles. The topological polar surface area (TPSA) is 80.2 Å². The smallest absolute Gasteiger partial charge is 0.156 e. The maximum Gasteiger partial charge on any atom is 0.156 e. The Morgan fingerprint density at radius 3 is 2.43 bits per heavy atom. The van der Waals surface area contributed by atoms with Crippen LogP contribution in [0.25, 0.3) is 32.9 Å². The minimum absolute atomic E-state index is 0.566. The summed E-state index contributed by atoms with van der Waals surface area (Å²) in [5.41, 5.74) is 5.21. The summed E-state index contributed by atoms with van der Waals surface area (Å²) in [6.07, 6.45) is 2.08. The maximum atomic E-state index is 12.6. The molecule has 1 N–H and O–H groups in total. The van der Waals surface area contributed by atoms with Crippen LogP contribution >= 0.6 is 0 Å². The van der Waals surface area contributed by atoms with Crippen LogP contribution in [0.1, 0.15) is 36.8 Å². The van der Waals surface area contributed by atoms with Gasteiger partial charge in [0.2, 0.25) is 0 Å². The zero-order chi connectivity index (χ0) is 24.8. The average Bonchev–Trinajstić information content (AvgIpc) is 2.86. The Kier molecular flexibility index (Phi) is 5.66. The largest absolute Gasteiger partial charge is 0.382 e. The van der Waals surface area contributed by atoms with E-state index < -0.39 is 20.7 Å². The van der Waals surface area contributed by atoms with E-state index in [-0.39, 0.29) is 0 Å². The Bertz CT molecular complexity index is 1680. The molecule has 5 nitrogen and oxygen atoms in total. The van der Waals surface area contributed by atoms with Crippen LogP contribution in [0.2, 0.25) is 0 Å². The van der Waals surface area contributed by atoms with Gasteiger partial charge in [-0.05, 0) is 66.9 Å². The average molecular weight is 483 g/mol. The van der Waals surface area contributed by atoms with Crippen LogP contribution in [0, 0.1) is 0 Å². The van der Waals surface area contributed by atoms with E-state index in [0.717, 1.165) is 32.9 Å². The van der Waals surface area contributed by atoms with Gasteiger partial charge in [-0.15, -0.1) is 0 Å². The van der Waals surface area contributed by atoms with Gasteiger partial charge in [-0.1, -0.05) is 48.5 Å². The Morgan fingerprint density at radius 2 is 1.63 bits per heavy atom. The summed E-state index contributed by atoms with van der Waals surface area (Å²) in [5.74, 6) is 0. The van der Waals surface area contributed by atoms with Crippen LogP contribution in [-0.2, 0) is 14.6 Å². The Morgan fingerprint density at radius 1 is 0.857 bits per heavy atom. The van der Waals surface area contributed by atoms with Gasteiger partial charge >= 0.3 is 0 Å². The van der Waals surface area contributed by atoms with Gasteiger partial charge in [-0.25, -0.2) is 13.4 Å². The number of para-hydroxylation sites is 1. The highest BCUT2D eigenvalue weighted by molar-refractivity contribution is 7.91. The zero-order valence-corrected chi connectivity index (χ0v) is 20.6. The van der Waals surface area contributed by atoms with Crippen molar-refractivity contribution < 1.29 is 13.5 Å². The van der Waals surface area contributed by atoms with Crippen molar-refractivity contribution in [1.82, 2.24) is 9.97 Å². The lowest BCUT2D eigenvalue weighted by Crippen LogP contribution is -2.28. The molecule has 0 fully saturated rings. The number of aliphatic hydroxyl groups is 1. The van der Waals surface area contributed by atoms with Crippen molar-refractivity contribution in [3.8, 4) is 11.1 Å². The number of aliphatic hydroxyl groups excluding tert-OH is 1. The molecule has 0 saturated carbocycles. The first-order chi connectivity index (χ1) is 16.6. The third-order valence-electron chi connectivity index (χ3n) is 6.74. The normalized spacial score (nSPS) is 13.3. The zero-order valence-electron chi connectivity index (χ0n) is 19.8. The number of rotatable bonds is 5. The molecule has 0 amide bonds. The van der Waals surface area contributed by atoms with Crippen LogP contribution in [-0.4, -0.2) is 29.7 Å². The monoisotopic (exact) mass is 482 g/mol. The lowest BCUT2D eigenvalue weighted by molar-refractivity contribution is 0.216. The fourth-order valence-electron chi connectivity index (χ4n) is 4.26. The second-order valence-corrected chi connectivity index (χ2v) is 11.9. The van der Waals surface area contributed by atoms with Gasteiger partial charge in [0.1, 0.15) is 6.10 Å². The van der Waals surface area contributed by atoms with Gasteiger partial charge < -0.3 is 5.11 Å². The summed E-state index contributed by atoms with van der Waals surface area (Å²) >= 11 is 0. The Hall–Kier alpha value is -3.61. The van der Waals surface area contributed by atoms with E-state index in [1.165, 1.54) is 6.26 Å². The lowest BCUT2D eigenvalue weighted by Gasteiger charge is -2.24. The first kappa shape index (κ1) is 23.1. The molecular weight excluding hydrogens is 456 g/mol. The second-order valence-electron chi connectivity index (χ2n) is 9.34. The van der Waals surface area contributed by atoms with E-state index in [0.29, 0.717) is 16.8 Å². The van der Waals surface area contributed by atoms with Gasteiger partial charge in [-0.3, -0.25) is 4.98 Å². The number of aromatic nitrogens is 2. The SMILES string of the molecule is CC(C)(c1cc(-c2cccc(C(O)c3ccc4ccccc4n3)c2)c2ncccc2c1)S(C)(=O)=O. The molecule has 6 heteroatoms. The van der Waals surface area contributed by atoms with E-state index in [1.54, 1.807) is 20.0 Å². The number of sulfone groups is 1. The highest BCUT2D eigenvalue weighted by Gasteiger charge is 2.33. The van der Waals surface area contributed by atoms with Crippen molar-refractivity contribution in [3.63, 3.8) is 0 Å². The predicted molar refractivity (Wildman–Crippen MR) is 141 cm³/mol. The van der Waals surface area contributed by atoms with Crippen molar-refractivity contribution in [1.29, 1.82) is 0 Å². The summed E-state index contributed by atoms with van der Waals surface area (Å²) in [6, 6.07) is 26.8. The van der Waals surface area contributed by atoms with Gasteiger partial charge in [0, 0.05) is 28.8 Å². The fourth-order valence-corrected chi connectivity index (χ4v) is 4.80. The number of nitrogens with zero attached hydrogens (tertiary/aromatic N) is 2. The van der Waals surface area contributed by atoms with E-state index in [9.17, 15) is 13.5 Å². The number of hydrogen-bond acceptors (Lipinski definition) is 5. The van der Waals surface area contributed by atoms with Crippen molar-refractivity contribution in [2.24, 2.45) is 0 Å². The first-order valence-electron chi connectivity index (χ1n) is 11.4. The molecule has 5 rings (SSSR count). The quantitative estimate of drug-likeness (QED) is 0.342. The van der Waals surface area contributed by atoms with Crippen LogP contribution in [0.5, 0.6) is 0 Å². The van der Waals surface area contributed by atoms with E-state index in [1.807, 2.05) is 84.9 Å².